The molecule has 4 rings (SSSR count). The second kappa shape index (κ2) is 10.6. The number of carboxylic acid groups (broad SMARTS) is 1. The van der Waals surface area contributed by atoms with Gasteiger partial charge >= 0.3 is 18.2 Å². The van der Waals surface area contributed by atoms with Gasteiger partial charge in [0, 0.05) is 23.5 Å². The lowest BCUT2D eigenvalue weighted by molar-refractivity contribution is -0.143. The van der Waals surface area contributed by atoms with Crippen LogP contribution in [-0.4, -0.2) is 34.0 Å². The fourth-order valence-corrected chi connectivity index (χ4v) is 4.40. The standard InChI is InChI=1S/C28H26F3N3O4/c1-16(2)12-24(26(36)37)34-15-19-13-18(8-11-23(19)25(34)35)17-6-9-21(10-7-17)32-27(38)33-22-5-3-4-20(14-22)28(29,30)31/h3-11,13-14,16,24H,12,15H2,1-2H3,(H,36,37)(H2,32,33,38). The van der Waals surface area contributed by atoms with Gasteiger partial charge in [0.2, 0.25) is 0 Å². The summed E-state index contributed by atoms with van der Waals surface area (Å²) in [6, 6.07) is 14.9. The second-order valence-corrected chi connectivity index (χ2v) is 9.52. The highest BCUT2D eigenvalue weighted by molar-refractivity contribution is 6.01. The molecule has 1 heterocycles. The zero-order valence-corrected chi connectivity index (χ0v) is 20.7. The average molecular weight is 526 g/mol. The minimum Gasteiger partial charge on any atom is -0.480 e. The number of fused-ring (bicyclic) bond motifs is 1. The Kier molecular flexibility index (Phi) is 7.43. The lowest BCUT2D eigenvalue weighted by atomic mass is 10.0. The van der Waals surface area contributed by atoms with Gasteiger partial charge in [-0.15, -0.1) is 0 Å². The van der Waals surface area contributed by atoms with E-state index in [0.29, 0.717) is 17.7 Å². The molecule has 3 amide bonds. The summed E-state index contributed by atoms with van der Waals surface area (Å²) in [6.07, 6.45) is -4.16. The van der Waals surface area contributed by atoms with E-state index in [1.807, 2.05) is 19.9 Å². The first kappa shape index (κ1) is 26.7. The number of carbonyl (C=O) groups excluding carboxylic acids is 2. The molecule has 38 heavy (non-hydrogen) atoms. The third kappa shape index (κ3) is 5.96. The van der Waals surface area contributed by atoms with Gasteiger partial charge in [0.1, 0.15) is 6.04 Å². The van der Waals surface area contributed by atoms with Crippen molar-refractivity contribution >= 4 is 29.3 Å². The molecule has 0 radical (unpaired) electrons. The highest BCUT2D eigenvalue weighted by atomic mass is 19.4. The number of alkyl halides is 3. The Bertz CT molecular complexity index is 1370. The lowest BCUT2D eigenvalue weighted by Crippen LogP contribution is -2.42. The smallest absolute Gasteiger partial charge is 0.416 e. The fraction of sp³-hybridized carbons (Fsp3) is 0.250. The number of halogens is 3. The molecule has 0 bridgehead atoms. The van der Waals surface area contributed by atoms with E-state index in [1.165, 1.54) is 17.0 Å². The summed E-state index contributed by atoms with van der Waals surface area (Å²) in [5.74, 6) is -1.21. The summed E-state index contributed by atoms with van der Waals surface area (Å²) in [7, 11) is 0. The second-order valence-electron chi connectivity index (χ2n) is 9.52. The largest absolute Gasteiger partial charge is 0.480 e. The van der Waals surface area contributed by atoms with E-state index in [9.17, 15) is 32.7 Å². The fourth-order valence-electron chi connectivity index (χ4n) is 4.40. The number of nitrogens with one attached hydrogen (secondary N) is 2. The third-order valence-electron chi connectivity index (χ3n) is 6.22. The van der Waals surface area contributed by atoms with E-state index in [4.69, 9.17) is 0 Å². The van der Waals surface area contributed by atoms with Crippen LogP contribution in [0.15, 0.2) is 66.7 Å². The molecule has 1 unspecified atom stereocenters. The highest BCUT2D eigenvalue weighted by Crippen LogP contribution is 2.32. The molecule has 0 spiro atoms. The van der Waals surface area contributed by atoms with Gasteiger partial charge in [0.25, 0.3) is 5.91 Å². The van der Waals surface area contributed by atoms with Gasteiger partial charge in [-0.05, 0) is 71.5 Å². The van der Waals surface area contributed by atoms with Crippen molar-refractivity contribution in [1.82, 2.24) is 4.90 Å². The Morgan fingerprint density at radius 1 is 0.947 bits per heavy atom. The number of carboxylic acids is 1. The van der Waals surface area contributed by atoms with E-state index in [0.717, 1.165) is 28.8 Å². The predicted molar refractivity (Wildman–Crippen MR) is 137 cm³/mol. The number of carbonyl (C=O) groups is 3. The van der Waals surface area contributed by atoms with Gasteiger partial charge in [-0.3, -0.25) is 4.79 Å². The predicted octanol–water partition coefficient (Wildman–Crippen LogP) is 6.47. The number of urea groups is 1. The van der Waals surface area contributed by atoms with Gasteiger partial charge in [-0.25, -0.2) is 9.59 Å². The molecule has 1 aliphatic heterocycles. The van der Waals surface area contributed by atoms with Crippen molar-refractivity contribution in [1.29, 1.82) is 0 Å². The number of benzene rings is 3. The molecule has 0 saturated heterocycles. The Morgan fingerprint density at radius 3 is 2.24 bits per heavy atom. The molecule has 0 aromatic heterocycles. The number of anilines is 2. The van der Waals surface area contributed by atoms with Crippen LogP contribution in [0.3, 0.4) is 0 Å². The number of hydrogen-bond acceptors (Lipinski definition) is 3. The zero-order valence-electron chi connectivity index (χ0n) is 20.7. The van der Waals surface area contributed by atoms with Crippen molar-refractivity contribution in [2.75, 3.05) is 10.6 Å². The van der Waals surface area contributed by atoms with Crippen molar-refractivity contribution < 1.29 is 32.7 Å². The maximum atomic E-state index is 12.9. The van der Waals surface area contributed by atoms with E-state index in [-0.39, 0.29) is 24.1 Å². The van der Waals surface area contributed by atoms with Crippen LogP contribution >= 0.6 is 0 Å². The normalized spacial score (nSPS) is 13.8. The molecular weight excluding hydrogens is 499 g/mol. The molecule has 3 N–H and O–H groups in total. The molecule has 0 aliphatic carbocycles. The van der Waals surface area contributed by atoms with Gasteiger partial charge in [-0.2, -0.15) is 13.2 Å². The summed E-state index contributed by atoms with van der Waals surface area (Å²) in [6.45, 7) is 4.03. The lowest BCUT2D eigenvalue weighted by Gasteiger charge is -2.25. The Balaban J connectivity index is 1.44. The van der Waals surface area contributed by atoms with Crippen LogP contribution in [0.1, 0.15) is 41.8 Å². The van der Waals surface area contributed by atoms with E-state index in [2.05, 4.69) is 10.6 Å². The molecule has 3 aromatic carbocycles. The first-order valence-corrected chi connectivity index (χ1v) is 11.9. The van der Waals surface area contributed by atoms with Gasteiger partial charge in [0.05, 0.1) is 5.56 Å². The van der Waals surface area contributed by atoms with Gasteiger partial charge in [0.15, 0.2) is 0 Å². The zero-order chi connectivity index (χ0) is 27.6. The minimum atomic E-state index is -4.51. The Labute approximate surface area is 217 Å². The molecule has 7 nitrogen and oxygen atoms in total. The van der Waals surface area contributed by atoms with Crippen LogP contribution in [0.25, 0.3) is 11.1 Å². The Hall–Kier alpha value is -4.34. The minimum absolute atomic E-state index is 0.00853. The molecule has 1 atom stereocenters. The van der Waals surface area contributed by atoms with Gasteiger partial charge < -0.3 is 20.6 Å². The molecule has 3 aromatic rings. The molecular formula is C28H26F3N3O4. The number of amides is 3. The first-order valence-electron chi connectivity index (χ1n) is 11.9. The summed E-state index contributed by atoms with van der Waals surface area (Å²) in [5.41, 5.74) is 2.41. The molecule has 1 aliphatic rings. The van der Waals surface area contributed by atoms with Crippen LogP contribution in [0.4, 0.5) is 29.3 Å². The topological polar surface area (TPSA) is 98.7 Å². The molecule has 0 fully saturated rings. The van der Waals surface area contributed by atoms with Crippen molar-refractivity contribution in [2.24, 2.45) is 5.92 Å². The Morgan fingerprint density at radius 2 is 1.61 bits per heavy atom. The van der Waals surface area contributed by atoms with Crippen molar-refractivity contribution in [3.63, 3.8) is 0 Å². The summed E-state index contributed by atoms with van der Waals surface area (Å²) in [4.78, 5) is 38.3. The van der Waals surface area contributed by atoms with Crippen LogP contribution < -0.4 is 10.6 Å². The maximum absolute atomic E-state index is 12.9. The van der Waals surface area contributed by atoms with Gasteiger partial charge in [-0.1, -0.05) is 38.1 Å². The molecule has 198 valence electrons. The third-order valence-corrected chi connectivity index (χ3v) is 6.22. The van der Waals surface area contributed by atoms with Crippen LogP contribution in [0, 0.1) is 5.92 Å². The van der Waals surface area contributed by atoms with Crippen molar-refractivity contribution in [2.45, 2.75) is 39.0 Å². The van der Waals surface area contributed by atoms with Crippen LogP contribution in [0.5, 0.6) is 0 Å². The highest BCUT2D eigenvalue weighted by Gasteiger charge is 2.36. The van der Waals surface area contributed by atoms with Crippen LogP contribution in [-0.2, 0) is 17.5 Å². The molecule has 10 heteroatoms. The van der Waals surface area contributed by atoms with E-state index >= 15 is 0 Å². The summed E-state index contributed by atoms with van der Waals surface area (Å²) >= 11 is 0. The molecule has 0 saturated carbocycles. The van der Waals surface area contributed by atoms with Crippen molar-refractivity contribution in [3.8, 4) is 11.1 Å². The van der Waals surface area contributed by atoms with Crippen LogP contribution in [0.2, 0.25) is 0 Å². The number of hydrogen-bond donors (Lipinski definition) is 3. The SMILES string of the molecule is CC(C)CC(C(=O)O)N1Cc2cc(-c3ccc(NC(=O)Nc4cccc(C(F)(F)F)c4)cc3)ccc2C1=O. The summed E-state index contributed by atoms with van der Waals surface area (Å²) in [5, 5.41) is 14.6. The van der Waals surface area contributed by atoms with E-state index < -0.39 is 29.8 Å². The quantitative estimate of drug-likeness (QED) is 0.329. The first-order chi connectivity index (χ1) is 17.9. The van der Waals surface area contributed by atoms with Crippen molar-refractivity contribution in [3.05, 3.63) is 83.4 Å². The number of aliphatic carboxylic acids is 1. The van der Waals surface area contributed by atoms with E-state index in [1.54, 1.807) is 36.4 Å². The summed E-state index contributed by atoms with van der Waals surface area (Å²) < 4.78 is 38.6. The monoisotopic (exact) mass is 525 g/mol. The number of nitrogens with zero attached hydrogens (tertiary/aromatic N) is 1. The maximum Gasteiger partial charge on any atom is 0.416 e. The number of rotatable bonds is 7. The average Bonchev–Trinajstić information content (AvgIpc) is 3.17.